The first-order valence-corrected chi connectivity index (χ1v) is 11.7. The molecule has 2 heterocycles. The van der Waals surface area contributed by atoms with Gasteiger partial charge in [0, 0.05) is 31.7 Å². The molecule has 8 nitrogen and oxygen atoms in total. The van der Waals surface area contributed by atoms with Crippen molar-refractivity contribution >= 4 is 22.9 Å². The minimum atomic E-state index is -0.438. The van der Waals surface area contributed by atoms with Crippen LogP contribution < -0.4 is 10.1 Å². The fraction of sp³-hybridized carbons (Fsp3) is 0.423. The van der Waals surface area contributed by atoms with E-state index in [0.717, 1.165) is 42.8 Å². The van der Waals surface area contributed by atoms with E-state index in [1.807, 2.05) is 34.9 Å². The molecule has 0 spiro atoms. The second-order valence-electron chi connectivity index (χ2n) is 8.95. The number of hydrogen-bond donors (Lipinski definition) is 1. The van der Waals surface area contributed by atoms with Crippen LogP contribution in [0.2, 0.25) is 0 Å². The Morgan fingerprint density at radius 3 is 2.56 bits per heavy atom. The van der Waals surface area contributed by atoms with Gasteiger partial charge >= 0.3 is 5.97 Å². The maximum Gasteiger partial charge on any atom is 0.337 e. The molecule has 1 amide bonds. The van der Waals surface area contributed by atoms with Gasteiger partial charge < -0.3 is 24.3 Å². The van der Waals surface area contributed by atoms with E-state index in [1.165, 1.54) is 7.11 Å². The van der Waals surface area contributed by atoms with Crippen LogP contribution in [-0.4, -0.2) is 65.7 Å². The summed E-state index contributed by atoms with van der Waals surface area (Å²) in [5, 5.41) is 3.19. The molecule has 2 aromatic carbocycles. The van der Waals surface area contributed by atoms with E-state index in [9.17, 15) is 9.59 Å². The fourth-order valence-corrected chi connectivity index (χ4v) is 4.47. The summed E-state index contributed by atoms with van der Waals surface area (Å²) in [4.78, 5) is 32.5. The number of aromatic nitrogens is 2. The van der Waals surface area contributed by atoms with Gasteiger partial charge in [-0.2, -0.15) is 0 Å². The predicted octanol–water partition coefficient (Wildman–Crippen LogP) is 3.48. The smallest absolute Gasteiger partial charge is 0.337 e. The van der Waals surface area contributed by atoms with Crippen LogP contribution in [0.1, 0.15) is 53.2 Å². The Bertz CT molecular complexity index is 1180. The zero-order valence-corrected chi connectivity index (χ0v) is 20.2. The molecule has 1 saturated heterocycles. The number of hydrogen-bond acceptors (Lipinski definition) is 6. The predicted molar refractivity (Wildman–Crippen MR) is 130 cm³/mol. The van der Waals surface area contributed by atoms with Crippen molar-refractivity contribution in [1.82, 2.24) is 19.8 Å². The SMILES string of the molecule is COC(=O)c1ccc2c(c1)nc(C(=O)NC1CCN(C(C)C)CC1)n2Cc1cccc(OC)c1. The molecule has 0 aliphatic carbocycles. The third-order valence-electron chi connectivity index (χ3n) is 6.44. The lowest BCUT2D eigenvalue weighted by molar-refractivity contribution is 0.0600. The number of amides is 1. The lowest BCUT2D eigenvalue weighted by Gasteiger charge is -2.34. The number of nitrogens with zero attached hydrogens (tertiary/aromatic N) is 3. The number of methoxy groups -OCH3 is 2. The van der Waals surface area contributed by atoms with Crippen LogP contribution in [0, 0.1) is 0 Å². The van der Waals surface area contributed by atoms with Gasteiger partial charge in [-0.1, -0.05) is 12.1 Å². The summed E-state index contributed by atoms with van der Waals surface area (Å²) in [6.07, 6.45) is 1.82. The highest BCUT2D eigenvalue weighted by Gasteiger charge is 2.25. The lowest BCUT2D eigenvalue weighted by atomic mass is 10.0. The number of nitrogens with one attached hydrogen (secondary N) is 1. The van der Waals surface area contributed by atoms with Crippen molar-refractivity contribution in [2.24, 2.45) is 0 Å². The number of carbonyl (C=O) groups excluding carboxylic acids is 2. The number of benzene rings is 2. The first kappa shape index (κ1) is 23.8. The number of esters is 1. The first-order chi connectivity index (χ1) is 16.4. The molecule has 4 rings (SSSR count). The second-order valence-corrected chi connectivity index (χ2v) is 8.95. The molecular formula is C26H32N4O4. The number of rotatable bonds is 7. The molecule has 1 fully saturated rings. The Labute approximate surface area is 199 Å². The van der Waals surface area contributed by atoms with Crippen molar-refractivity contribution < 1.29 is 19.1 Å². The van der Waals surface area contributed by atoms with Crippen LogP contribution >= 0.6 is 0 Å². The van der Waals surface area contributed by atoms with Gasteiger partial charge in [0.05, 0.1) is 30.8 Å². The molecule has 1 aliphatic rings. The molecule has 0 radical (unpaired) electrons. The Morgan fingerprint density at radius 2 is 1.88 bits per heavy atom. The number of imidazole rings is 1. The highest BCUT2D eigenvalue weighted by atomic mass is 16.5. The number of fused-ring (bicyclic) bond motifs is 1. The standard InChI is InChI=1S/C26H32N4O4/c1-17(2)29-12-10-20(11-13-29)27-25(31)24-28-22-15-19(26(32)34-4)8-9-23(22)30(24)16-18-6-5-7-21(14-18)33-3/h5-9,14-15,17,20H,10-13,16H2,1-4H3,(H,27,31). The second kappa shape index (κ2) is 10.3. The van der Waals surface area contributed by atoms with Crippen LogP contribution in [0.15, 0.2) is 42.5 Å². The summed E-state index contributed by atoms with van der Waals surface area (Å²) in [6, 6.07) is 13.5. The summed E-state index contributed by atoms with van der Waals surface area (Å²) in [5.74, 6) is 0.429. The van der Waals surface area contributed by atoms with Gasteiger partial charge in [-0.15, -0.1) is 0 Å². The van der Waals surface area contributed by atoms with Gasteiger partial charge in [0.1, 0.15) is 5.75 Å². The van der Waals surface area contributed by atoms with Crippen molar-refractivity contribution in [3.8, 4) is 5.75 Å². The molecule has 1 aromatic heterocycles. The molecule has 34 heavy (non-hydrogen) atoms. The van der Waals surface area contributed by atoms with Crippen LogP contribution in [0.5, 0.6) is 5.75 Å². The monoisotopic (exact) mass is 464 g/mol. The summed E-state index contributed by atoms with van der Waals surface area (Å²) >= 11 is 0. The largest absolute Gasteiger partial charge is 0.497 e. The maximum atomic E-state index is 13.4. The minimum Gasteiger partial charge on any atom is -0.497 e. The molecule has 0 bridgehead atoms. The zero-order chi connectivity index (χ0) is 24.2. The highest BCUT2D eigenvalue weighted by molar-refractivity contribution is 5.98. The first-order valence-electron chi connectivity index (χ1n) is 11.7. The summed E-state index contributed by atoms with van der Waals surface area (Å²) < 4.78 is 12.1. The lowest BCUT2D eigenvalue weighted by Crippen LogP contribution is -2.47. The maximum absolute atomic E-state index is 13.4. The molecule has 1 N–H and O–H groups in total. The van der Waals surface area contributed by atoms with E-state index in [-0.39, 0.29) is 11.9 Å². The molecule has 0 atom stereocenters. The van der Waals surface area contributed by atoms with Crippen molar-refractivity contribution in [3.05, 3.63) is 59.4 Å². The Balaban J connectivity index is 1.65. The molecule has 0 unspecified atom stereocenters. The molecule has 3 aromatic rings. The van der Waals surface area contributed by atoms with Crippen molar-refractivity contribution in [3.63, 3.8) is 0 Å². The van der Waals surface area contributed by atoms with Gasteiger partial charge in [0.25, 0.3) is 5.91 Å². The molecule has 0 saturated carbocycles. The van der Waals surface area contributed by atoms with E-state index < -0.39 is 5.97 Å². The number of piperidine rings is 1. The van der Waals surface area contributed by atoms with Crippen LogP contribution in [0.3, 0.4) is 0 Å². The van der Waals surface area contributed by atoms with E-state index in [4.69, 9.17) is 9.47 Å². The average Bonchev–Trinajstić information content (AvgIpc) is 3.21. The summed E-state index contributed by atoms with van der Waals surface area (Å²) in [7, 11) is 2.97. The summed E-state index contributed by atoms with van der Waals surface area (Å²) in [5.41, 5.74) is 2.73. The van der Waals surface area contributed by atoms with Gasteiger partial charge in [-0.25, -0.2) is 9.78 Å². The highest BCUT2D eigenvalue weighted by Crippen LogP contribution is 2.22. The normalized spacial score (nSPS) is 15.0. The van der Waals surface area contributed by atoms with Gasteiger partial charge in [-0.05, 0) is 62.6 Å². The zero-order valence-electron chi connectivity index (χ0n) is 20.2. The number of carbonyl (C=O) groups is 2. The third kappa shape index (κ3) is 5.07. The average molecular weight is 465 g/mol. The van der Waals surface area contributed by atoms with Crippen molar-refractivity contribution in [1.29, 1.82) is 0 Å². The van der Waals surface area contributed by atoms with Gasteiger partial charge in [0.15, 0.2) is 5.82 Å². The topological polar surface area (TPSA) is 85.7 Å². The Morgan fingerprint density at radius 1 is 1.12 bits per heavy atom. The Kier molecular flexibility index (Phi) is 7.17. The van der Waals surface area contributed by atoms with Crippen LogP contribution in [0.25, 0.3) is 11.0 Å². The van der Waals surface area contributed by atoms with Crippen molar-refractivity contribution in [2.45, 2.75) is 45.3 Å². The third-order valence-corrected chi connectivity index (χ3v) is 6.44. The van der Waals surface area contributed by atoms with E-state index in [2.05, 4.69) is 29.0 Å². The molecule has 180 valence electrons. The van der Waals surface area contributed by atoms with E-state index in [0.29, 0.717) is 29.5 Å². The van der Waals surface area contributed by atoms with Crippen molar-refractivity contribution in [2.75, 3.05) is 27.3 Å². The van der Waals surface area contributed by atoms with Gasteiger partial charge in [0.2, 0.25) is 0 Å². The number of likely N-dealkylation sites (tertiary alicyclic amines) is 1. The quantitative estimate of drug-likeness (QED) is 0.539. The minimum absolute atomic E-state index is 0.109. The molecule has 1 aliphatic heterocycles. The molecular weight excluding hydrogens is 432 g/mol. The van der Waals surface area contributed by atoms with E-state index >= 15 is 0 Å². The molecule has 8 heteroatoms. The Hall–Kier alpha value is -3.39. The fourth-order valence-electron chi connectivity index (χ4n) is 4.47. The van der Waals surface area contributed by atoms with Crippen LogP contribution in [-0.2, 0) is 11.3 Å². The number of ether oxygens (including phenoxy) is 2. The van der Waals surface area contributed by atoms with Crippen LogP contribution in [0.4, 0.5) is 0 Å². The van der Waals surface area contributed by atoms with Gasteiger partial charge in [-0.3, -0.25) is 4.79 Å². The van der Waals surface area contributed by atoms with E-state index in [1.54, 1.807) is 19.2 Å². The summed E-state index contributed by atoms with van der Waals surface area (Å²) in [6.45, 7) is 6.77.